The third-order valence-corrected chi connectivity index (χ3v) is 15.3. The summed E-state index contributed by atoms with van der Waals surface area (Å²) in [6, 6.07) is 18.1. The Labute approximate surface area is 346 Å². The molecular formula is C40H44N6O12S2. The molecule has 7 rings (SSSR count). The second kappa shape index (κ2) is 16.4. The molecule has 4 amide bonds. The van der Waals surface area contributed by atoms with Crippen LogP contribution in [0.3, 0.4) is 0 Å². The van der Waals surface area contributed by atoms with Crippen LogP contribution < -0.4 is 15.4 Å². The Kier molecular flexibility index (Phi) is 11.6. The molecule has 2 saturated carbocycles. The predicted molar refractivity (Wildman–Crippen MR) is 215 cm³/mol. The lowest BCUT2D eigenvalue weighted by Crippen LogP contribution is -2.59. The van der Waals surface area contributed by atoms with Crippen molar-refractivity contribution >= 4 is 49.5 Å². The second-order valence-electron chi connectivity index (χ2n) is 15.4. The Hall–Kier alpha value is -5.70. The van der Waals surface area contributed by atoms with Crippen molar-refractivity contribution in [3.8, 4) is 11.1 Å². The number of rotatable bonds is 10. The van der Waals surface area contributed by atoms with E-state index in [4.69, 9.17) is 4.74 Å². The first-order chi connectivity index (χ1) is 28.5. The van der Waals surface area contributed by atoms with Crippen molar-refractivity contribution in [1.29, 1.82) is 0 Å². The Bertz CT molecular complexity index is 2450. The zero-order valence-corrected chi connectivity index (χ0v) is 34.1. The van der Waals surface area contributed by atoms with Crippen LogP contribution in [0.5, 0.6) is 0 Å². The molecule has 0 aromatic heterocycles. The number of hydrogen-bond donors (Lipinski definition) is 4. The summed E-state index contributed by atoms with van der Waals surface area (Å²) in [7, 11) is -7.42. The maximum Gasteiger partial charge on any atom is 0.405 e. The van der Waals surface area contributed by atoms with E-state index >= 15 is 0 Å². The van der Waals surface area contributed by atoms with Crippen LogP contribution in [-0.2, 0) is 44.8 Å². The maximum atomic E-state index is 14.8. The first-order valence-corrected chi connectivity index (χ1v) is 22.3. The van der Waals surface area contributed by atoms with E-state index in [1.165, 1.54) is 19.2 Å². The zero-order chi connectivity index (χ0) is 43.0. The molecule has 318 valence electrons. The number of nitro groups is 1. The van der Waals surface area contributed by atoms with Crippen LogP contribution >= 0.6 is 0 Å². The van der Waals surface area contributed by atoms with Crippen molar-refractivity contribution in [2.24, 2.45) is 5.92 Å². The van der Waals surface area contributed by atoms with E-state index in [1.54, 1.807) is 24.3 Å². The van der Waals surface area contributed by atoms with Crippen LogP contribution in [0.25, 0.3) is 11.1 Å². The standard InChI is InChI=1S/C40H44N6O12S2/c1-58-39(28-17-15-27(16-18-28)26-10-4-2-5-11-26)23-33-35(47)42-40(37(49)43-59(54,55)30-19-20-30)22-29(40)12-6-3-9-21-44(24-31(41-38(50)51)36(48)45(33)25-39)60(56,57)34-14-8-7-13-32(34)46(52)53/h2,4-8,10-18,29-31,33,41H,3,9,19-25H2,1H3,(H,42,47)(H,43,49)(H,50,51)/b12-6-/t29-,31+,33+,39+,40-/m1/s1. The van der Waals surface area contributed by atoms with Crippen LogP contribution in [0, 0.1) is 16.0 Å². The summed E-state index contributed by atoms with van der Waals surface area (Å²) in [4.78, 5) is 67.1. The monoisotopic (exact) mass is 864 g/mol. The van der Waals surface area contributed by atoms with E-state index in [1.807, 2.05) is 42.5 Å². The number of hydrogen-bond acceptors (Lipinski definition) is 11. The van der Waals surface area contributed by atoms with E-state index in [-0.39, 0.29) is 38.8 Å². The van der Waals surface area contributed by atoms with Crippen molar-refractivity contribution in [2.75, 3.05) is 26.7 Å². The summed E-state index contributed by atoms with van der Waals surface area (Å²) < 4.78 is 63.4. The van der Waals surface area contributed by atoms with Crippen LogP contribution in [-0.4, -0.2) is 110 Å². The van der Waals surface area contributed by atoms with Gasteiger partial charge in [-0.1, -0.05) is 78.9 Å². The van der Waals surface area contributed by atoms with Crippen LogP contribution in [0.2, 0.25) is 0 Å². The van der Waals surface area contributed by atoms with Gasteiger partial charge in [-0.15, -0.1) is 0 Å². The van der Waals surface area contributed by atoms with Gasteiger partial charge in [0.15, 0.2) is 4.90 Å². The van der Waals surface area contributed by atoms with Crippen LogP contribution in [0.15, 0.2) is 95.9 Å². The first-order valence-electron chi connectivity index (χ1n) is 19.3. The lowest BCUT2D eigenvalue weighted by atomic mass is 9.89. The molecule has 0 spiro atoms. The lowest BCUT2D eigenvalue weighted by Gasteiger charge is -2.32. The van der Waals surface area contributed by atoms with Gasteiger partial charge in [0.2, 0.25) is 31.9 Å². The molecule has 2 aliphatic carbocycles. The lowest BCUT2D eigenvalue weighted by molar-refractivity contribution is -0.387. The summed E-state index contributed by atoms with van der Waals surface area (Å²) in [6.45, 7) is -1.47. The van der Waals surface area contributed by atoms with Gasteiger partial charge >= 0.3 is 6.09 Å². The van der Waals surface area contributed by atoms with E-state index in [0.717, 1.165) is 32.5 Å². The highest BCUT2D eigenvalue weighted by atomic mass is 32.2. The first kappa shape index (κ1) is 42.4. The molecule has 20 heteroatoms. The van der Waals surface area contributed by atoms with Gasteiger partial charge in [-0.2, -0.15) is 4.31 Å². The molecule has 4 aliphatic rings. The van der Waals surface area contributed by atoms with Crippen LogP contribution in [0.4, 0.5) is 10.5 Å². The summed E-state index contributed by atoms with van der Waals surface area (Å²) >= 11 is 0. The highest BCUT2D eigenvalue weighted by Crippen LogP contribution is 2.47. The fraction of sp³-hybridized carbons (Fsp3) is 0.400. The van der Waals surface area contributed by atoms with Gasteiger partial charge in [0.25, 0.3) is 11.6 Å². The number of allylic oxidation sites excluding steroid dienone is 1. The number of carbonyl (C=O) groups is 4. The number of carboxylic acid groups (broad SMARTS) is 1. The van der Waals surface area contributed by atoms with E-state index in [9.17, 15) is 51.2 Å². The number of amides is 4. The average molecular weight is 865 g/mol. The molecule has 3 fully saturated rings. The molecule has 0 radical (unpaired) electrons. The number of nitrogens with zero attached hydrogens (tertiary/aromatic N) is 3. The van der Waals surface area contributed by atoms with E-state index in [2.05, 4.69) is 15.4 Å². The molecule has 5 atom stereocenters. The Balaban J connectivity index is 1.30. The highest BCUT2D eigenvalue weighted by Gasteiger charge is 2.63. The molecule has 1 saturated heterocycles. The normalized spacial score (nSPS) is 26.9. The van der Waals surface area contributed by atoms with Gasteiger partial charge in [0, 0.05) is 38.6 Å². The van der Waals surface area contributed by atoms with Crippen molar-refractivity contribution < 1.29 is 50.8 Å². The largest absolute Gasteiger partial charge is 0.465 e. The quantitative estimate of drug-likeness (QED) is 0.131. The minimum Gasteiger partial charge on any atom is -0.465 e. The van der Waals surface area contributed by atoms with Gasteiger partial charge in [0.1, 0.15) is 23.2 Å². The topological polar surface area (TPSA) is 252 Å². The third-order valence-electron chi connectivity index (χ3n) is 11.6. The minimum absolute atomic E-state index is 0.0136. The zero-order valence-electron chi connectivity index (χ0n) is 32.4. The fourth-order valence-corrected chi connectivity index (χ4v) is 11.1. The summed E-state index contributed by atoms with van der Waals surface area (Å²) in [5.74, 6) is -3.50. The van der Waals surface area contributed by atoms with Crippen LogP contribution in [0.1, 0.15) is 44.1 Å². The number of ether oxygens (including phenoxy) is 1. The van der Waals surface area contributed by atoms with Gasteiger partial charge < -0.3 is 25.4 Å². The van der Waals surface area contributed by atoms with Gasteiger partial charge in [-0.25, -0.2) is 21.6 Å². The fourth-order valence-electron chi connectivity index (χ4n) is 8.04. The van der Waals surface area contributed by atoms with Gasteiger partial charge in [-0.3, -0.25) is 29.2 Å². The summed E-state index contributed by atoms with van der Waals surface area (Å²) in [5, 5.41) is 26.1. The van der Waals surface area contributed by atoms with Crippen molar-refractivity contribution in [3.05, 3.63) is 107 Å². The van der Waals surface area contributed by atoms with E-state index < -0.39 is 100 Å². The molecular weight excluding hydrogens is 821 g/mol. The maximum absolute atomic E-state index is 14.8. The van der Waals surface area contributed by atoms with Crippen molar-refractivity contribution in [3.63, 3.8) is 0 Å². The number of carbonyl (C=O) groups excluding carboxylic acids is 3. The molecule has 0 unspecified atom stereocenters. The van der Waals surface area contributed by atoms with Crippen molar-refractivity contribution in [2.45, 2.75) is 71.9 Å². The number of benzene rings is 3. The summed E-state index contributed by atoms with van der Waals surface area (Å²) in [6.07, 6.45) is 2.41. The average Bonchev–Trinajstić information content (AvgIpc) is 4.16. The number of para-hydroxylation sites is 1. The third kappa shape index (κ3) is 8.36. The number of methoxy groups -OCH3 is 1. The molecule has 18 nitrogen and oxygen atoms in total. The molecule has 4 N–H and O–H groups in total. The molecule has 3 aromatic carbocycles. The van der Waals surface area contributed by atoms with Crippen molar-refractivity contribution in [1.82, 2.24) is 24.6 Å². The summed E-state index contributed by atoms with van der Waals surface area (Å²) in [5.41, 5.74) is -1.51. The number of fused-ring (bicyclic) bond motifs is 2. The smallest absolute Gasteiger partial charge is 0.405 e. The number of nitro benzene ring substituents is 1. The SMILES string of the molecule is CO[C@@]1(c2ccc(-c3ccccc3)cc2)C[C@H]2C(=O)N[C@]3(C(=O)NS(=O)(=O)C4CC4)C[C@H]3/C=C\CCCN(S(=O)(=O)c3ccccc3[N+](=O)[O-])C[C@H](NC(=O)O)C(=O)N2C1. The molecule has 2 heterocycles. The molecule has 60 heavy (non-hydrogen) atoms. The Morgan fingerprint density at radius 3 is 2.27 bits per heavy atom. The van der Waals surface area contributed by atoms with Gasteiger partial charge in [-0.05, 0) is 54.9 Å². The minimum atomic E-state index is -4.77. The molecule has 3 aromatic rings. The Morgan fingerprint density at radius 2 is 1.62 bits per heavy atom. The molecule has 0 bridgehead atoms. The van der Waals surface area contributed by atoms with Gasteiger partial charge in [0.05, 0.1) is 16.7 Å². The highest BCUT2D eigenvalue weighted by molar-refractivity contribution is 7.91. The van der Waals surface area contributed by atoms with E-state index in [0.29, 0.717) is 18.4 Å². The number of sulfonamides is 2. The molecule has 2 aliphatic heterocycles. The Morgan fingerprint density at radius 1 is 0.950 bits per heavy atom. The number of nitrogens with one attached hydrogen (secondary N) is 3. The predicted octanol–water partition coefficient (Wildman–Crippen LogP) is 2.86. The second-order valence-corrected chi connectivity index (χ2v) is 19.3.